The Morgan fingerprint density at radius 3 is 2.85 bits per heavy atom. The van der Waals surface area contributed by atoms with Crippen LogP contribution in [0.25, 0.3) is 11.4 Å². The number of hydrogen-bond acceptors (Lipinski definition) is 4. The first kappa shape index (κ1) is 8.65. The molecule has 0 unspecified atom stereocenters. The predicted octanol–water partition coefficient (Wildman–Crippen LogP) is 1.74. The summed E-state index contributed by atoms with van der Waals surface area (Å²) in [5.41, 5.74) is 4.00. The van der Waals surface area contributed by atoms with Crippen molar-refractivity contribution < 1.29 is 0 Å². The van der Waals surface area contributed by atoms with Crippen LogP contribution in [0.4, 0.5) is 0 Å². The van der Waals surface area contributed by atoms with E-state index in [1.54, 1.807) is 29.7 Å². The largest absolute Gasteiger partial charge is 0.319 e. The molecule has 13 heavy (non-hydrogen) atoms. The third-order valence-corrected chi connectivity index (χ3v) is 3.41. The average molecular weight is 211 g/mol. The van der Waals surface area contributed by atoms with Crippen molar-refractivity contribution in [3.8, 4) is 11.4 Å². The van der Waals surface area contributed by atoms with Crippen LogP contribution >= 0.6 is 22.7 Å². The van der Waals surface area contributed by atoms with E-state index in [0.29, 0.717) is 0 Å². The second-order valence-corrected chi connectivity index (χ2v) is 4.12. The second kappa shape index (κ2) is 3.43. The molecule has 0 aliphatic rings. The van der Waals surface area contributed by atoms with Crippen LogP contribution in [0.15, 0.2) is 21.3 Å². The molecule has 0 aromatic carbocycles. The van der Waals surface area contributed by atoms with Gasteiger partial charge in [0.05, 0.1) is 16.9 Å². The molecule has 0 saturated carbocycles. The van der Waals surface area contributed by atoms with Crippen molar-refractivity contribution in [3.63, 3.8) is 0 Å². The van der Waals surface area contributed by atoms with Crippen molar-refractivity contribution >= 4 is 22.7 Å². The first-order chi connectivity index (χ1) is 6.33. The van der Waals surface area contributed by atoms with Gasteiger partial charge in [0.15, 0.2) is 4.80 Å². The van der Waals surface area contributed by atoms with Crippen molar-refractivity contribution in [2.45, 2.75) is 0 Å². The van der Waals surface area contributed by atoms with Crippen molar-refractivity contribution in [3.05, 3.63) is 21.1 Å². The fourth-order valence-corrected chi connectivity index (χ4v) is 2.55. The van der Waals surface area contributed by atoms with E-state index in [2.05, 4.69) is 19.9 Å². The van der Waals surface area contributed by atoms with E-state index in [0.717, 1.165) is 16.2 Å². The van der Waals surface area contributed by atoms with Gasteiger partial charge in [0.2, 0.25) is 0 Å². The summed E-state index contributed by atoms with van der Waals surface area (Å²) in [6, 6.07) is 0. The van der Waals surface area contributed by atoms with Crippen LogP contribution in [0.2, 0.25) is 0 Å². The van der Waals surface area contributed by atoms with Crippen LogP contribution < -0.4 is 4.80 Å². The molecule has 5 heteroatoms. The molecule has 3 nitrogen and oxygen atoms in total. The molecule has 0 aliphatic heterocycles. The molecule has 0 atom stereocenters. The van der Waals surface area contributed by atoms with Crippen LogP contribution in [-0.2, 0) is 7.05 Å². The summed E-state index contributed by atoms with van der Waals surface area (Å²) in [5.74, 6) is 0. The first-order valence-electron chi connectivity index (χ1n) is 3.79. The van der Waals surface area contributed by atoms with E-state index in [9.17, 15) is 0 Å². The normalized spacial score (nSPS) is 12.3. The Bertz CT molecular complexity index is 450. The Hall–Kier alpha value is -0.940. The van der Waals surface area contributed by atoms with Crippen LogP contribution in [0.1, 0.15) is 0 Å². The van der Waals surface area contributed by atoms with Crippen LogP contribution in [0.5, 0.6) is 0 Å². The predicted molar refractivity (Wildman–Crippen MR) is 55.9 cm³/mol. The van der Waals surface area contributed by atoms with Gasteiger partial charge in [0, 0.05) is 24.9 Å². The van der Waals surface area contributed by atoms with Gasteiger partial charge in [0.25, 0.3) is 0 Å². The molecule has 0 N–H and O–H groups in total. The van der Waals surface area contributed by atoms with E-state index < -0.39 is 0 Å². The van der Waals surface area contributed by atoms with E-state index >= 15 is 0 Å². The molecule has 0 amide bonds. The molecule has 68 valence electrons. The summed E-state index contributed by atoms with van der Waals surface area (Å²) in [6.07, 6.45) is 0. The second-order valence-electron chi connectivity index (χ2n) is 2.56. The summed E-state index contributed by atoms with van der Waals surface area (Å²) in [6.45, 7) is 0. The van der Waals surface area contributed by atoms with Crippen molar-refractivity contribution in [2.75, 3.05) is 7.05 Å². The lowest BCUT2D eigenvalue weighted by molar-refractivity contribution is 0.872. The Balaban J connectivity index is 2.61. The fraction of sp³-hybridized carbons (Fsp3) is 0.250. The molecule has 2 heterocycles. The van der Waals surface area contributed by atoms with Gasteiger partial charge in [-0.1, -0.05) is 0 Å². The summed E-state index contributed by atoms with van der Waals surface area (Å²) >= 11 is 3.24. The van der Waals surface area contributed by atoms with Crippen LogP contribution in [-0.4, -0.2) is 16.6 Å². The molecule has 2 aromatic rings. The quantitative estimate of drug-likeness (QED) is 0.706. The highest BCUT2D eigenvalue weighted by Crippen LogP contribution is 2.18. The Morgan fingerprint density at radius 2 is 2.31 bits per heavy atom. The highest BCUT2D eigenvalue weighted by molar-refractivity contribution is 7.08. The first-order valence-corrected chi connectivity index (χ1v) is 5.61. The third kappa shape index (κ3) is 1.45. The Labute approximate surface area is 84.0 Å². The highest BCUT2D eigenvalue weighted by atomic mass is 32.1. The van der Waals surface area contributed by atoms with Crippen LogP contribution in [0, 0.1) is 0 Å². The van der Waals surface area contributed by atoms with Gasteiger partial charge in [-0.15, -0.1) is 22.7 Å². The summed E-state index contributed by atoms with van der Waals surface area (Å²) in [7, 11) is 3.81. The third-order valence-electron chi connectivity index (χ3n) is 1.81. The molecular formula is C8H9N3S2. The van der Waals surface area contributed by atoms with E-state index in [4.69, 9.17) is 0 Å². The maximum Gasteiger partial charge on any atom is 0.184 e. The van der Waals surface area contributed by atoms with Crippen molar-refractivity contribution in [1.29, 1.82) is 0 Å². The molecule has 0 spiro atoms. The van der Waals surface area contributed by atoms with Gasteiger partial charge in [-0.05, 0) is 0 Å². The van der Waals surface area contributed by atoms with Crippen molar-refractivity contribution in [1.82, 2.24) is 9.55 Å². The van der Waals surface area contributed by atoms with Crippen molar-refractivity contribution in [2.24, 2.45) is 12.0 Å². The maximum absolute atomic E-state index is 4.26. The smallest absolute Gasteiger partial charge is 0.184 e. The standard InChI is InChI=1S/C8H9N3S2/c1-9-8-11(2)7(4-13-8)6-3-12-5-10-6/h3-5H,1-2H3. The zero-order valence-corrected chi connectivity index (χ0v) is 9.02. The molecule has 0 radical (unpaired) electrons. The van der Waals surface area contributed by atoms with E-state index in [1.807, 2.05) is 17.9 Å². The lowest BCUT2D eigenvalue weighted by Crippen LogP contribution is -2.10. The Morgan fingerprint density at radius 1 is 1.46 bits per heavy atom. The number of nitrogens with zero attached hydrogens (tertiary/aromatic N) is 3. The van der Waals surface area contributed by atoms with Gasteiger partial charge in [0.1, 0.15) is 0 Å². The van der Waals surface area contributed by atoms with Gasteiger partial charge in [-0.25, -0.2) is 4.98 Å². The fourth-order valence-electron chi connectivity index (χ4n) is 1.14. The zero-order valence-electron chi connectivity index (χ0n) is 7.39. The number of aromatic nitrogens is 2. The molecule has 0 fully saturated rings. The van der Waals surface area contributed by atoms with E-state index in [-0.39, 0.29) is 0 Å². The minimum absolute atomic E-state index is 1.02. The SMILES string of the molecule is CN=c1scc(-c2cscn2)n1C. The molecule has 0 saturated heterocycles. The summed E-state index contributed by atoms with van der Waals surface area (Å²) in [5, 5.41) is 4.12. The monoisotopic (exact) mass is 211 g/mol. The minimum Gasteiger partial charge on any atom is -0.319 e. The minimum atomic E-state index is 1.02. The van der Waals surface area contributed by atoms with Gasteiger partial charge in [-0.3, -0.25) is 4.99 Å². The Kier molecular flexibility index (Phi) is 2.28. The molecule has 2 rings (SSSR count). The van der Waals surface area contributed by atoms with Gasteiger partial charge < -0.3 is 4.57 Å². The number of thiazole rings is 2. The summed E-state index contributed by atoms with van der Waals surface area (Å²) < 4.78 is 2.06. The summed E-state index contributed by atoms with van der Waals surface area (Å²) in [4.78, 5) is 9.43. The molecule has 0 aliphatic carbocycles. The van der Waals surface area contributed by atoms with Crippen LogP contribution in [0.3, 0.4) is 0 Å². The topological polar surface area (TPSA) is 30.2 Å². The lowest BCUT2D eigenvalue weighted by atomic mass is 10.4. The zero-order chi connectivity index (χ0) is 9.26. The highest BCUT2D eigenvalue weighted by Gasteiger charge is 2.04. The molecular weight excluding hydrogens is 202 g/mol. The van der Waals surface area contributed by atoms with Gasteiger partial charge in [-0.2, -0.15) is 0 Å². The number of rotatable bonds is 1. The van der Waals surface area contributed by atoms with Gasteiger partial charge >= 0.3 is 0 Å². The molecule has 0 bridgehead atoms. The molecule has 2 aromatic heterocycles. The maximum atomic E-state index is 4.26. The van der Waals surface area contributed by atoms with E-state index in [1.165, 1.54) is 0 Å². The lowest BCUT2D eigenvalue weighted by Gasteiger charge is -1.96. The average Bonchev–Trinajstić information content (AvgIpc) is 2.72. The number of hydrogen-bond donors (Lipinski definition) is 0.